The third-order valence-electron chi connectivity index (χ3n) is 3.74. The topological polar surface area (TPSA) is 82.3 Å². The molecular formula is C15H20N4O2. The monoisotopic (exact) mass is 288 g/mol. The van der Waals surface area contributed by atoms with E-state index >= 15 is 0 Å². The molecule has 1 fully saturated rings. The Morgan fingerprint density at radius 2 is 2.05 bits per heavy atom. The van der Waals surface area contributed by atoms with Gasteiger partial charge in [0.25, 0.3) is 0 Å². The summed E-state index contributed by atoms with van der Waals surface area (Å²) in [7, 11) is 1.65. The van der Waals surface area contributed by atoms with E-state index in [9.17, 15) is 0 Å². The number of fused-ring (bicyclic) bond motifs is 1. The molecule has 6 nitrogen and oxygen atoms in total. The van der Waals surface area contributed by atoms with E-state index in [1.165, 1.54) is 0 Å². The summed E-state index contributed by atoms with van der Waals surface area (Å²) in [6.45, 7) is 3.43. The minimum atomic E-state index is 0.394. The van der Waals surface area contributed by atoms with Gasteiger partial charge in [-0.05, 0) is 31.9 Å². The van der Waals surface area contributed by atoms with Gasteiger partial charge in [-0.3, -0.25) is 0 Å². The Bertz CT molecular complexity index is 654. The molecule has 6 heteroatoms. The van der Waals surface area contributed by atoms with Gasteiger partial charge in [0.1, 0.15) is 17.4 Å². The number of hydrogen-bond acceptors (Lipinski definition) is 6. The highest BCUT2D eigenvalue weighted by Gasteiger charge is 2.17. The fourth-order valence-corrected chi connectivity index (χ4v) is 2.64. The first-order valence-corrected chi connectivity index (χ1v) is 7.13. The maximum Gasteiger partial charge on any atom is 0.142 e. The molecule has 1 aliphatic rings. The number of nitrogens with two attached hydrogens (primary N) is 1. The first kappa shape index (κ1) is 13.9. The summed E-state index contributed by atoms with van der Waals surface area (Å²) in [5, 5.41) is 4.34. The van der Waals surface area contributed by atoms with Crippen LogP contribution in [0, 0.1) is 6.92 Å². The van der Waals surface area contributed by atoms with Crippen molar-refractivity contribution in [2.24, 2.45) is 0 Å². The number of hydrogen-bond donors (Lipinski definition) is 2. The molecule has 0 amide bonds. The Labute approximate surface area is 123 Å². The number of anilines is 2. The van der Waals surface area contributed by atoms with Crippen LogP contribution in [-0.4, -0.2) is 36.3 Å². The van der Waals surface area contributed by atoms with Crippen LogP contribution in [0.15, 0.2) is 12.1 Å². The van der Waals surface area contributed by atoms with Crippen LogP contribution in [0.2, 0.25) is 0 Å². The normalized spacial score (nSPS) is 16.1. The van der Waals surface area contributed by atoms with Crippen molar-refractivity contribution in [2.75, 3.05) is 31.4 Å². The lowest BCUT2D eigenvalue weighted by atomic mass is 10.1. The Morgan fingerprint density at radius 1 is 1.29 bits per heavy atom. The molecule has 0 unspecified atom stereocenters. The molecule has 21 heavy (non-hydrogen) atoms. The largest absolute Gasteiger partial charge is 0.495 e. The third-order valence-corrected chi connectivity index (χ3v) is 3.74. The number of nitrogens with zero attached hydrogens (tertiary/aromatic N) is 2. The summed E-state index contributed by atoms with van der Waals surface area (Å²) in [4.78, 5) is 8.65. The lowest BCUT2D eigenvalue weighted by Crippen LogP contribution is -2.28. The van der Waals surface area contributed by atoms with Gasteiger partial charge in [0, 0.05) is 24.6 Å². The fraction of sp³-hybridized carbons (Fsp3) is 0.467. The van der Waals surface area contributed by atoms with Crippen LogP contribution in [0.1, 0.15) is 18.7 Å². The number of nitrogens with one attached hydrogen (secondary N) is 1. The number of aromatic nitrogens is 2. The molecule has 1 saturated heterocycles. The maximum absolute atomic E-state index is 5.97. The molecule has 3 N–H and O–H groups in total. The molecule has 3 rings (SSSR count). The highest BCUT2D eigenvalue weighted by molar-refractivity contribution is 5.92. The van der Waals surface area contributed by atoms with E-state index in [4.69, 9.17) is 15.2 Å². The summed E-state index contributed by atoms with van der Waals surface area (Å²) < 4.78 is 10.9. The van der Waals surface area contributed by atoms with Crippen molar-refractivity contribution in [3.8, 4) is 5.75 Å². The van der Waals surface area contributed by atoms with Gasteiger partial charge in [0.05, 0.1) is 18.3 Å². The summed E-state index contributed by atoms with van der Waals surface area (Å²) in [6.07, 6.45) is 1.98. The molecule has 2 aromatic rings. The summed E-state index contributed by atoms with van der Waals surface area (Å²) in [5.41, 5.74) is 7.74. The number of rotatable bonds is 3. The second-order valence-corrected chi connectivity index (χ2v) is 5.26. The van der Waals surface area contributed by atoms with E-state index in [0.717, 1.165) is 48.4 Å². The van der Waals surface area contributed by atoms with Crippen LogP contribution in [0.25, 0.3) is 10.9 Å². The minimum Gasteiger partial charge on any atom is -0.495 e. The summed E-state index contributed by atoms with van der Waals surface area (Å²) >= 11 is 0. The Balaban J connectivity index is 2.00. The van der Waals surface area contributed by atoms with E-state index in [1.54, 1.807) is 7.11 Å². The number of nitrogen functional groups attached to an aromatic ring is 1. The molecule has 1 aliphatic heterocycles. The molecule has 1 aromatic carbocycles. The second-order valence-electron chi connectivity index (χ2n) is 5.26. The number of ether oxygens (including phenoxy) is 2. The summed E-state index contributed by atoms with van der Waals surface area (Å²) in [5.74, 6) is 1.91. The van der Waals surface area contributed by atoms with Crippen molar-refractivity contribution >= 4 is 22.4 Å². The molecule has 1 aromatic heterocycles. The van der Waals surface area contributed by atoms with E-state index in [1.807, 2.05) is 19.1 Å². The van der Waals surface area contributed by atoms with Crippen LogP contribution in [-0.2, 0) is 4.74 Å². The molecule has 0 spiro atoms. The molecule has 112 valence electrons. The van der Waals surface area contributed by atoms with Crippen molar-refractivity contribution in [1.29, 1.82) is 0 Å². The summed E-state index contributed by atoms with van der Waals surface area (Å²) in [6, 6.07) is 4.27. The third kappa shape index (κ3) is 2.85. The zero-order valence-electron chi connectivity index (χ0n) is 12.3. The van der Waals surface area contributed by atoms with Gasteiger partial charge in [-0.25, -0.2) is 9.97 Å². The van der Waals surface area contributed by atoms with Crippen LogP contribution < -0.4 is 15.8 Å². The highest BCUT2D eigenvalue weighted by Crippen LogP contribution is 2.32. The van der Waals surface area contributed by atoms with E-state index in [2.05, 4.69) is 15.3 Å². The molecule has 0 aliphatic carbocycles. The minimum absolute atomic E-state index is 0.394. The second kappa shape index (κ2) is 5.73. The van der Waals surface area contributed by atoms with Gasteiger partial charge in [0.15, 0.2) is 0 Å². The molecule has 0 atom stereocenters. The highest BCUT2D eigenvalue weighted by atomic mass is 16.5. The van der Waals surface area contributed by atoms with Crippen molar-refractivity contribution in [1.82, 2.24) is 9.97 Å². The molecule has 0 saturated carbocycles. The standard InChI is InChI=1S/C15H20N4O2/c1-9-17-12-8-13(19-10-3-5-21-6-4-10)14(20-2)7-11(12)15(16)18-9/h7-8,10,19H,3-6H2,1-2H3,(H2,16,17,18). The number of aryl methyl sites for hydroxylation is 1. The van der Waals surface area contributed by atoms with Crippen LogP contribution in [0.3, 0.4) is 0 Å². The Morgan fingerprint density at radius 3 is 2.76 bits per heavy atom. The average molecular weight is 288 g/mol. The number of benzene rings is 1. The van der Waals surface area contributed by atoms with E-state index in [-0.39, 0.29) is 0 Å². The van der Waals surface area contributed by atoms with Crippen LogP contribution in [0.4, 0.5) is 11.5 Å². The van der Waals surface area contributed by atoms with Gasteiger partial charge in [0.2, 0.25) is 0 Å². The van der Waals surface area contributed by atoms with Crippen molar-refractivity contribution in [2.45, 2.75) is 25.8 Å². The van der Waals surface area contributed by atoms with E-state index in [0.29, 0.717) is 17.7 Å². The zero-order valence-corrected chi connectivity index (χ0v) is 12.3. The maximum atomic E-state index is 5.97. The fourth-order valence-electron chi connectivity index (χ4n) is 2.64. The lowest BCUT2D eigenvalue weighted by Gasteiger charge is -2.25. The van der Waals surface area contributed by atoms with Gasteiger partial charge in [-0.2, -0.15) is 0 Å². The molecule has 2 heterocycles. The first-order valence-electron chi connectivity index (χ1n) is 7.13. The molecule has 0 bridgehead atoms. The van der Waals surface area contributed by atoms with Crippen molar-refractivity contribution in [3.63, 3.8) is 0 Å². The molecular weight excluding hydrogens is 268 g/mol. The van der Waals surface area contributed by atoms with Gasteiger partial charge in [-0.1, -0.05) is 0 Å². The van der Waals surface area contributed by atoms with Crippen LogP contribution in [0.5, 0.6) is 5.75 Å². The van der Waals surface area contributed by atoms with Crippen molar-refractivity contribution < 1.29 is 9.47 Å². The zero-order chi connectivity index (χ0) is 14.8. The smallest absolute Gasteiger partial charge is 0.142 e. The SMILES string of the molecule is COc1cc2c(N)nc(C)nc2cc1NC1CCOCC1. The van der Waals surface area contributed by atoms with Crippen LogP contribution >= 0.6 is 0 Å². The van der Waals surface area contributed by atoms with Gasteiger partial charge in [-0.15, -0.1) is 0 Å². The number of methoxy groups -OCH3 is 1. The Hall–Kier alpha value is -2.08. The quantitative estimate of drug-likeness (QED) is 0.900. The average Bonchev–Trinajstić information content (AvgIpc) is 2.47. The van der Waals surface area contributed by atoms with Gasteiger partial charge < -0.3 is 20.5 Å². The molecule has 0 radical (unpaired) electrons. The Kier molecular flexibility index (Phi) is 3.79. The predicted octanol–water partition coefficient (Wildman–Crippen LogP) is 2.12. The lowest BCUT2D eigenvalue weighted by molar-refractivity contribution is 0.0904. The van der Waals surface area contributed by atoms with Gasteiger partial charge >= 0.3 is 0 Å². The van der Waals surface area contributed by atoms with Crippen molar-refractivity contribution in [3.05, 3.63) is 18.0 Å². The van der Waals surface area contributed by atoms with E-state index < -0.39 is 0 Å². The first-order chi connectivity index (χ1) is 10.2. The predicted molar refractivity (Wildman–Crippen MR) is 82.7 cm³/mol.